The fourth-order valence-electron chi connectivity index (χ4n) is 3.50. The summed E-state index contributed by atoms with van der Waals surface area (Å²) in [5.41, 5.74) is 5.56. The summed E-state index contributed by atoms with van der Waals surface area (Å²) in [6, 6.07) is 16.2. The summed E-state index contributed by atoms with van der Waals surface area (Å²) in [5, 5.41) is 0. The van der Waals surface area contributed by atoms with Crippen molar-refractivity contribution in [2.45, 2.75) is 19.3 Å². The molecule has 2 amide bonds. The number of hydrogen-bond donors (Lipinski definition) is 0. The first-order chi connectivity index (χ1) is 12.6. The summed E-state index contributed by atoms with van der Waals surface area (Å²) in [5.74, 6) is -0.218. The van der Waals surface area contributed by atoms with E-state index in [1.165, 1.54) is 33.8 Å². The van der Waals surface area contributed by atoms with E-state index in [1.807, 2.05) is 24.3 Å². The molecule has 1 atom stereocenters. The summed E-state index contributed by atoms with van der Waals surface area (Å²) in [4.78, 5) is 24.8. The first-order valence-corrected chi connectivity index (χ1v) is 8.72. The highest BCUT2D eigenvalue weighted by molar-refractivity contribution is 6.28. The van der Waals surface area contributed by atoms with Crippen LogP contribution in [0.2, 0.25) is 0 Å². The number of aryl methyl sites for hydroxylation is 1. The maximum atomic E-state index is 11.8. The number of allylic oxidation sites excluding steroid dienone is 4. The van der Waals surface area contributed by atoms with E-state index in [0.717, 1.165) is 12.0 Å². The van der Waals surface area contributed by atoms with E-state index in [4.69, 9.17) is 0 Å². The van der Waals surface area contributed by atoms with E-state index in [0.29, 0.717) is 11.6 Å². The van der Waals surface area contributed by atoms with Gasteiger partial charge in [-0.05, 0) is 42.2 Å². The van der Waals surface area contributed by atoms with Gasteiger partial charge in [0.05, 0.1) is 5.69 Å². The molecule has 1 aliphatic carbocycles. The number of rotatable bonds is 3. The van der Waals surface area contributed by atoms with Crippen LogP contribution in [0.4, 0.5) is 5.69 Å². The minimum absolute atomic E-state index is 0.290. The smallest absolute Gasteiger partial charge is 0.258 e. The van der Waals surface area contributed by atoms with Crippen LogP contribution < -0.4 is 4.90 Å². The van der Waals surface area contributed by atoms with Gasteiger partial charge in [-0.25, -0.2) is 4.90 Å². The molecule has 2 aliphatic rings. The number of benzene rings is 2. The number of imide groups is 1. The Morgan fingerprint density at radius 1 is 0.962 bits per heavy atom. The summed E-state index contributed by atoms with van der Waals surface area (Å²) in [6.07, 6.45) is 10.0. The fourth-order valence-corrected chi connectivity index (χ4v) is 3.50. The van der Waals surface area contributed by atoms with E-state index in [9.17, 15) is 9.59 Å². The number of anilines is 1. The Balaban J connectivity index is 1.55. The monoisotopic (exact) mass is 341 g/mol. The largest absolute Gasteiger partial charge is 0.269 e. The molecule has 26 heavy (non-hydrogen) atoms. The quantitative estimate of drug-likeness (QED) is 0.768. The molecule has 0 saturated carbocycles. The number of carbonyl (C=O) groups is 2. The van der Waals surface area contributed by atoms with Gasteiger partial charge in [0, 0.05) is 18.1 Å². The highest BCUT2D eigenvalue weighted by atomic mass is 16.2. The van der Waals surface area contributed by atoms with Gasteiger partial charge in [-0.1, -0.05) is 60.2 Å². The lowest BCUT2D eigenvalue weighted by Crippen LogP contribution is -2.29. The Hall–Kier alpha value is -3.20. The van der Waals surface area contributed by atoms with Crippen LogP contribution in [0.15, 0.2) is 78.9 Å². The highest BCUT2D eigenvalue weighted by Crippen LogP contribution is 2.34. The van der Waals surface area contributed by atoms with E-state index in [1.54, 1.807) is 0 Å². The van der Waals surface area contributed by atoms with Crippen LogP contribution in [-0.2, 0) is 9.59 Å². The third-order valence-electron chi connectivity index (χ3n) is 4.86. The molecule has 128 valence electrons. The van der Waals surface area contributed by atoms with E-state index < -0.39 is 0 Å². The second-order valence-corrected chi connectivity index (χ2v) is 6.69. The lowest BCUT2D eigenvalue weighted by atomic mass is 9.85. The third-order valence-corrected chi connectivity index (χ3v) is 4.86. The molecular weight excluding hydrogens is 322 g/mol. The predicted molar refractivity (Wildman–Crippen MR) is 104 cm³/mol. The Kier molecular flexibility index (Phi) is 4.13. The van der Waals surface area contributed by atoms with Gasteiger partial charge < -0.3 is 0 Å². The fraction of sp³-hybridized carbons (Fsp3) is 0.130. The van der Waals surface area contributed by atoms with Crippen molar-refractivity contribution in [2.75, 3.05) is 4.90 Å². The molecule has 1 unspecified atom stereocenters. The molecule has 0 aromatic heterocycles. The van der Waals surface area contributed by atoms with Crippen molar-refractivity contribution in [3.05, 3.63) is 95.6 Å². The molecule has 3 heteroatoms. The molecule has 0 saturated heterocycles. The second-order valence-electron chi connectivity index (χ2n) is 6.69. The first kappa shape index (κ1) is 16.3. The van der Waals surface area contributed by atoms with Gasteiger partial charge in [0.25, 0.3) is 11.8 Å². The average molecular weight is 341 g/mol. The zero-order valence-corrected chi connectivity index (χ0v) is 14.6. The van der Waals surface area contributed by atoms with Crippen molar-refractivity contribution >= 4 is 23.1 Å². The minimum Gasteiger partial charge on any atom is -0.269 e. The first-order valence-electron chi connectivity index (χ1n) is 8.72. The van der Waals surface area contributed by atoms with Crippen molar-refractivity contribution in [3.8, 4) is 0 Å². The molecular formula is C23H19NO2. The lowest BCUT2D eigenvalue weighted by Gasteiger charge is -2.20. The normalized spacial score (nSPS) is 19.2. The standard InChI is InChI=1S/C23H19NO2/c1-16-4-2-5-18(14-16)20-7-3-6-19(15-20)17-8-10-21(11-9-17)24-22(25)12-13-23(24)26/h2-14,20H,15H2,1H3. The van der Waals surface area contributed by atoms with Crippen LogP contribution in [0.5, 0.6) is 0 Å². The van der Waals surface area contributed by atoms with Gasteiger partial charge in [-0.2, -0.15) is 0 Å². The zero-order chi connectivity index (χ0) is 18.1. The average Bonchev–Trinajstić information content (AvgIpc) is 3.00. The lowest BCUT2D eigenvalue weighted by molar-refractivity contribution is -0.119. The van der Waals surface area contributed by atoms with E-state index in [-0.39, 0.29) is 11.8 Å². The second kappa shape index (κ2) is 6.60. The van der Waals surface area contributed by atoms with Crippen LogP contribution in [-0.4, -0.2) is 11.8 Å². The number of nitrogens with zero attached hydrogens (tertiary/aromatic N) is 1. The molecule has 1 aliphatic heterocycles. The number of carbonyl (C=O) groups excluding carboxylic acids is 2. The van der Waals surface area contributed by atoms with Crippen LogP contribution in [0.1, 0.15) is 29.0 Å². The number of amides is 2. The molecule has 0 radical (unpaired) electrons. The van der Waals surface area contributed by atoms with Crippen LogP contribution >= 0.6 is 0 Å². The van der Waals surface area contributed by atoms with Crippen molar-refractivity contribution in [3.63, 3.8) is 0 Å². The molecule has 4 rings (SSSR count). The van der Waals surface area contributed by atoms with Gasteiger partial charge in [0.1, 0.15) is 0 Å². The van der Waals surface area contributed by atoms with Crippen molar-refractivity contribution in [1.29, 1.82) is 0 Å². The van der Waals surface area contributed by atoms with Gasteiger partial charge >= 0.3 is 0 Å². The molecule has 2 aromatic carbocycles. The molecule has 2 aromatic rings. The van der Waals surface area contributed by atoms with Gasteiger partial charge in [-0.15, -0.1) is 0 Å². The Bertz CT molecular complexity index is 946. The minimum atomic E-state index is -0.290. The predicted octanol–water partition coefficient (Wildman–Crippen LogP) is 4.55. The maximum Gasteiger partial charge on any atom is 0.258 e. The Morgan fingerprint density at radius 2 is 1.69 bits per heavy atom. The summed E-state index contributed by atoms with van der Waals surface area (Å²) < 4.78 is 0. The van der Waals surface area contributed by atoms with Gasteiger partial charge in [0.2, 0.25) is 0 Å². The number of hydrogen-bond acceptors (Lipinski definition) is 2. The van der Waals surface area contributed by atoms with Crippen LogP contribution in [0, 0.1) is 6.92 Å². The highest BCUT2D eigenvalue weighted by Gasteiger charge is 2.25. The van der Waals surface area contributed by atoms with Crippen molar-refractivity contribution in [2.24, 2.45) is 0 Å². The van der Waals surface area contributed by atoms with Gasteiger partial charge in [-0.3, -0.25) is 9.59 Å². The summed E-state index contributed by atoms with van der Waals surface area (Å²) in [6.45, 7) is 2.11. The Morgan fingerprint density at radius 3 is 2.38 bits per heavy atom. The third kappa shape index (κ3) is 3.04. The molecule has 0 fully saturated rings. The molecule has 0 spiro atoms. The Labute approximate surface area is 153 Å². The SMILES string of the molecule is Cc1cccc(C2C=CC=C(c3ccc(N4C(=O)C=CC4=O)cc3)C2)c1. The summed E-state index contributed by atoms with van der Waals surface area (Å²) >= 11 is 0. The molecule has 3 nitrogen and oxygen atoms in total. The van der Waals surface area contributed by atoms with Crippen LogP contribution in [0.25, 0.3) is 5.57 Å². The molecule has 0 bridgehead atoms. The van der Waals surface area contributed by atoms with Crippen LogP contribution in [0.3, 0.4) is 0 Å². The van der Waals surface area contributed by atoms with Gasteiger partial charge in [0.15, 0.2) is 0 Å². The molecule has 1 heterocycles. The topological polar surface area (TPSA) is 37.4 Å². The molecule has 0 N–H and O–H groups in total. The van der Waals surface area contributed by atoms with E-state index in [2.05, 4.69) is 49.4 Å². The summed E-state index contributed by atoms with van der Waals surface area (Å²) in [7, 11) is 0. The van der Waals surface area contributed by atoms with E-state index >= 15 is 0 Å². The maximum absolute atomic E-state index is 11.8. The van der Waals surface area contributed by atoms with Crippen molar-refractivity contribution in [1.82, 2.24) is 0 Å². The zero-order valence-electron chi connectivity index (χ0n) is 14.6. The van der Waals surface area contributed by atoms with Crippen molar-refractivity contribution < 1.29 is 9.59 Å².